The molecular formula is C24H26N2O4. The van der Waals surface area contributed by atoms with Gasteiger partial charge in [-0.15, -0.1) is 0 Å². The molecule has 30 heavy (non-hydrogen) atoms. The van der Waals surface area contributed by atoms with E-state index in [4.69, 9.17) is 9.47 Å². The Bertz CT molecular complexity index is 1130. The highest BCUT2D eigenvalue weighted by molar-refractivity contribution is 5.94. The molecule has 0 aliphatic carbocycles. The number of carbonyl (C=O) groups excluding carboxylic acids is 1. The van der Waals surface area contributed by atoms with E-state index in [-0.39, 0.29) is 18.8 Å². The van der Waals surface area contributed by atoms with Gasteiger partial charge in [-0.1, -0.05) is 24.6 Å². The molecule has 0 unspecified atom stereocenters. The summed E-state index contributed by atoms with van der Waals surface area (Å²) in [7, 11) is 0. The van der Waals surface area contributed by atoms with Crippen LogP contribution in [0, 0.1) is 13.8 Å². The molecule has 3 aromatic rings. The van der Waals surface area contributed by atoms with Crippen LogP contribution in [0.25, 0.3) is 10.9 Å². The minimum Gasteiger partial charge on any atom is -0.489 e. The first kappa shape index (κ1) is 20.1. The Morgan fingerprint density at radius 1 is 1.07 bits per heavy atom. The van der Waals surface area contributed by atoms with Crippen molar-refractivity contribution in [3.63, 3.8) is 0 Å². The van der Waals surface area contributed by atoms with Gasteiger partial charge in [0.15, 0.2) is 0 Å². The van der Waals surface area contributed by atoms with Crippen LogP contribution in [-0.2, 0) is 17.7 Å². The van der Waals surface area contributed by atoms with E-state index in [1.807, 2.05) is 32.0 Å². The number of fused-ring (bicyclic) bond motifs is 2. The van der Waals surface area contributed by atoms with Gasteiger partial charge >= 0.3 is 5.97 Å². The van der Waals surface area contributed by atoms with E-state index >= 15 is 0 Å². The molecule has 2 heterocycles. The molecule has 1 aliphatic heterocycles. The fourth-order valence-corrected chi connectivity index (χ4v) is 3.93. The minimum atomic E-state index is -0.446. The van der Waals surface area contributed by atoms with E-state index in [0.29, 0.717) is 23.0 Å². The highest BCUT2D eigenvalue weighted by Crippen LogP contribution is 2.22. The fraction of sp³-hybridized carbons (Fsp3) is 0.375. The summed E-state index contributed by atoms with van der Waals surface area (Å²) in [6.07, 6.45) is 3.91. The van der Waals surface area contributed by atoms with Crippen molar-refractivity contribution in [3.8, 4) is 5.75 Å². The summed E-state index contributed by atoms with van der Waals surface area (Å²) >= 11 is 0. The quantitative estimate of drug-likeness (QED) is 0.474. The Balaban J connectivity index is 1.45. The van der Waals surface area contributed by atoms with Crippen molar-refractivity contribution in [3.05, 3.63) is 69.3 Å². The zero-order chi connectivity index (χ0) is 21.1. The summed E-state index contributed by atoms with van der Waals surface area (Å²) in [5.74, 6) is 1.18. The van der Waals surface area contributed by atoms with Gasteiger partial charge in [-0.2, -0.15) is 0 Å². The van der Waals surface area contributed by atoms with Crippen LogP contribution in [0.4, 0.5) is 0 Å². The molecule has 6 heteroatoms. The van der Waals surface area contributed by atoms with Gasteiger partial charge in [0.25, 0.3) is 5.56 Å². The van der Waals surface area contributed by atoms with Crippen molar-refractivity contribution >= 4 is 16.9 Å². The Kier molecular flexibility index (Phi) is 5.84. The van der Waals surface area contributed by atoms with Crippen molar-refractivity contribution in [2.24, 2.45) is 0 Å². The third kappa shape index (κ3) is 4.08. The Morgan fingerprint density at radius 2 is 1.87 bits per heavy atom. The Labute approximate surface area is 175 Å². The number of aromatic nitrogens is 2. The number of carbonyl (C=O) groups is 1. The molecule has 6 nitrogen and oxygen atoms in total. The molecule has 0 bridgehead atoms. The van der Waals surface area contributed by atoms with Gasteiger partial charge in [-0.25, -0.2) is 9.78 Å². The van der Waals surface area contributed by atoms with Crippen LogP contribution in [0.2, 0.25) is 0 Å². The molecule has 1 aliphatic rings. The molecule has 1 aromatic heterocycles. The molecule has 0 saturated carbocycles. The third-order valence-electron chi connectivity index (χ3n) is 5.52. The van der Waals surface area contributed by atoms with Gasteiger partial charge in [-0.05, 0) is 56.0 Å². The zero-order valence-corrected chi connectivity index (χ0v) is 17.4. The van der Waals surface area contributed by atoms with Gasteiger partial charge in [0.05, 0.1) is 16.5 Å². The van der Waals surface area contributed by atoms with Gasteiger partial charge in [-0.3, -0.25) is 9.36 Å². The topological polar surface area (TPSA) is 70.4 Å². The monoisotopic (exact) mass is 406 g/mol. The maximum Gasteiger partial charge on any atom is 0.338 e. The predicted molar refractivity (Wildman–Crippen MR) is 115 cm³/mol. The number of hydrogen-bond acceptors (Lipinski definition) is 5. The summed E-state index contributed by atoms with van der Waals surface area (Å²) in [5, 5.41) is 0.538. The fourth-order valence-electron chi connectivity index (χ4n) is 3.93. The van der Waals surface area contributed by atoms with Gasteiger partial charge in [0.1, 0.15) is 24.8 Å². The molecule has 2 aromatic carbocycles. The lowest BCUT2D eigenvalue weighted by molar-refractivity contribution is 0.0450. The first-order valence-electron chi connectivity index (χ1n) is 10.4. The number of rotatable bonds is 5. The maximum absolute atomic E-state index is 12.8. The lowest BCUT2D eigenvalue weighted by atomic mass is 10.1. The average molecular weight is 406 g/mol. The largest absolute Gasteiger partial charge is 0.489 e. The third-order valence-corrected chi connectivity index (χ3v) is 5.52. The zero-order valence-electron chi connectivity index (χ0n) is 17.4. The second kappa shape index (κ2) is 8.69. The number of aryl methyl sites for hydroxylation is 3. The molecule has 156 valence electrons. The van der Waals surface area contributed by atoms with E-state index in [0.717, 1.165) is 48.4 Å². The highest BCUT2D eigenvalue weighted by Gasteiger charge is 2.16. The molecule has 0 saturated heterocycles. The maximum atomic E-state index is 12.8. The summed E-state index contributed by atoms with van der Waals surface area (Å²) in [5.41, 5.74) is 3.01. The summed E-state index contributed by atoms with van der Waals surface area (Å²) < 4.78 is 12.9. The van der Waals surface area contributed by atoms with E-state index in [2.05, 4.69) is 4.98 Å². The molecule has 0 spiro atoms. The molecule has 0 amide bonds. The number of hydrogen-bond donors (Lipinski definition) is 0. The average Bonchev–Trinajstić information content (AvgIpc) is 2.98. The lowest BCUT2D eigenvalue weighted by Crippen LogP contribution is -2.24. The Hall–Kier alpha value is -3.15. The van der Waals surface area contributed by atoms with Crippen molar-refractivity contribution < 1.29 is 14.3 Å². The lowest BCUT2D eigenvalue weighted by Gasteiger charge is -2.12. The number of nitrogens with zero attached hydrogens (tertiary/aromatic N) is 2. The van der Waals surface area contributed by atoms with Crippen LogP contribution >= 0.6 is 0 Å². The van der Waals surface area contributed by atoms with Crippen LogP contribution in [0.15, 0.2) is 41.2 Å². The van der Waals surface area contributed by atoms with E-state index in [1.54, 1.807) is 22.8 Å². The Morgan fingerprint density at radius 3 is 2.67 bits per heavy atom. The van der Waals surface area contributed by atoms with Gasteiger partial charge < -0.3 is 9.47 Å². The minimum absolute atomic E-state index is 0.0289. The molecule has 0 fully saturated rings. The predicted octanol–water partition coefficient (Wildman–Crippen LogP) is 3.98. The summed E-state index contributed by atoms with van der Waals surface area (Å²) in [4.78, 5) is 29.9. The SMILES string of the molecule is Cc1cccc(C)c1OCCOC(=O)c1ccc2c(=O)n3c(nc2c1)CCCCC3. The van der Waals surface area contributed by atoms with E-state index in [1.165, 1.54) is 0 Å². The number of esters is 1. The molecule has 4 rings (SSSR count). The molecule has 0 atom stereocenters. The second-order valence-electron chi connectivity index (χ2n) is 7.73. The van der Waals surface area contributed by atoms with Gasteiger partial charge in [0, 0.05) is 13.0 Å². The van der Waals surface area contributed by atoms with Crippen LogP contribution in [0.5, 0.6) is 5.75 Å². The summed E-state index contributed by atoms with van der Waals surface area (Å²) in [6, 6.07) is 10.9. The van der Waals surface area contributed by atoms with Gasteiger partial charge in [0.2, 0.25) is 0 Å². The smallest absolute Gasteiger partial charge is 0.338 e. The first-order chi connectivity index (χ1) is 14.5. The van der Waals surface area contributed by atoms with Crippen LogP contribution in [0.1, 0.15) is 46.6 Å². The van der Waals surface area contributed by atoms with Crippen molar-refractivity contribution in [2.75, 3.05) is 13.2 Å². The number of benzene rings is 2. The van der Waals surface area contributed by atoms with Crippen molar-refractivity contribution in [2.45, 2.75) is 46.1 Å². The molecule has 0 radical (unpaired) electrons. The highest BCUT2D eigenvalue weighted by atomic mass is 16.6. The van der Waals surface area contributed by atoms with Crippen LogP contribution in [0.3, 0.4) is 0 Å². The van der Waals surface area contributed by atoms with Crippen LogP contribution < -0.4 is 10.3 Å². The van der Waals surface area contributed by atoms with Crippen molar-refractivity contribution in [1.82, 2.24) is 9.55 Å². The van der Waals surface area contributed by atoms with Crippen molar-refractivity contribution in [1.29, 1.82) is 0 Å². The van der Waals surface area contributed by atoms with Crippen LogP contribution in [-0.4, -0.2) is 28.7 Å². The van der Waals surface area contributed by atoms with E-state index in [9.17, 15) is 9.59 Å². The van der Waals surface area contributed by atoms with E-state index < -0.39 is 5.97 Å². The standard InChI is InChI=1S/C24H26N2O4/c1-16-7-6-8-17(2)22(16)29-13-14-30-24(28)18-10-11-19-20(15-18)25-21-9-4-3-5-12-26(21)23(19)27/h6-8,10-11,15H,3-5,9,12-14H2,1-2H3. The first-order valence-corrected chi connectivity index (χ1v) is 10.4. The normalized spacial score (nSPS) is 13.5. The summed E-state index contributed by atoms with van der Waals surface area (Å²) in [6.45, 7) is 5.10. The molecular weight excluding hydrogens is 380 g/mol. The second-order valence-corrected chi connectivity index (χ2v) is 7.73. The number of ether oxygens (including phenoxy) is 2. The molecule has 0 N–H and O–H groups in total. The number of para-hydroxylation sites is 1.